The van der Waals surface area contributed by atoms with Crippen molar-refractivity contribution >= 4 is 5.91 Å². The fraction of sp³-hybridized carbons (Fsp3) is 0.714. The minimum Gasteiger partial charge on any atom is -0.394 e. The highest BCUT2D eigenvalue weighted by Crippen LogP contribution is 2.32. The number of aromatic nitrogens is 2. The molecular weight excluding hydrogens is 258 g/mol. The number of carbonyl (C=O) groups is 1. The molecule has 1 aromatic rings. The van der Waals surface area contributed by atoms with Gasteiger partial charge in [-0.2, -0.15) is 5.10 Å². The maximum absolute atomic E-state index is 12.8. The molecular formula is C14H21N3O3. The number of rotatable bonds is 3. The molecule has 0 bridgehead atoms. The van der Waals surface area contributed by atoms with Gasteiger partial charge in [-0.3, -0.25) is 9.48 Å². The second-order valence-corrected chi connectivity index (χ2v) is 5.96. The van der Waals surface area contributed by atoms with Crippen molar-refractivity contribution in [1.29, 1.82) is 0 Å². The molecule has 2 aliphatic heterocycles. The number of aliphatic hydroxyl groups is 1. The third-order valence-corrected chi connectivity index (χ3v) is 4.59. The van der Waals surface area contributed by atoms with Crippen LogP contribution >= 0.6 is 0 Å². The van der Waals surface area contributed by atoms with Crippen LogP contribution in [0.25, 0.3) is 0 Å². The van der Waals surface area contributed by atoms with Crippen molar-refractivity contribution in [1.82, 2.24) is 14.7 Å². The Balaban J connectivity index is 1.89. The van der Waals surface area contributed by atoms with E-state index in [9.17, 15) is 9.90 Å². The Bertz CT molecular complexity index is 528. The van der Waals surface area contributed by atoms with Crippen LogP contribution in [0.3, 0.4) is 0 Å². The Morgan fingerprint density at radius 1 is 1.65 bits per heavy atom. The molecule has 3 rings (SSSR count). The van der Waals surface area contributed by atoms with Crippen LogP contribution in [0.15, 0.2) is 6.20 Å². The summed E-state index contributed by atoms with van der Waals surface area (Å²) in [6.45, 7) is 3.27. The van der Waals surface area contributed by atoms with Crippen molar-refractivity contribution in [3.05, 3.63) is 17.5 Å². The number of likely N-dealkylation sites (tertiary alicyclic amines) is 1. The minimum atomic E-state index is -0.550. The summed E-state index contributed by atoms with van der Waals surface area (Å²) in [5, 5.41) is 14.0. The largest absolute Gasteiger partial charge is 0.394 e. The molecule has 6 heteroatoms. The number of fused-ring (bicyclic) bond motifs is 1. The minimum absolute atomic E-state index is 0.0141. The first kappa shape index (κ1) is 13.6. The smallest absolute Gasteiger partial charge is 0.257 e. The molecule has 6 nitrogen and oxygen atoms in total. The van der Waals surface area contributed by atoms with E-state index >= 15 is 0 Å². The van der Waals surface area contributed by atoms with Gasteiger partial charge in [0.2, 0.25) is 0 Å². The van der Waals surface area contributed by atoms with E-state index in [2.05, 4.69) is 5.10 Å². The molecule has 2 aliphatic rings. The molecule has 0 aliphatic carbocycles. The summed E-state index contributed by atoms with van der Waals surface area (Å²) >= 11 is 0. The predicted molar refractivity (Wildman–Crippen MR) is 72.5 cm³/mol. The molecule has 1 saturated heterocycles. The van der Waals surface area contributed by atoms with Crippen LogP contribution in [0.4, 0.5) is 0 Å². The van der Waals surface area contributed by atoms with E-state index < -0.39 is 5.54 Å². The van der Waals surface area contributed by atoms with Crippen molar-refractivity contribution in [2.75, 3.05) is 20.3 Å². The van der Waals surface area contributed by atoms with Crippen LogP contribution in [0.1, 0.15) is 35.8 Å². The number of hydrogen-bond donors (Lipinski definition) is 1. The summed E-state index contributed by atoms with van der Waals surface area (Å²) in [6, 6.07) is 0. The maximum atomic E-state index is 12.8. The molecule has 0 spiro atoms. The summed E-state index contributed by atoms with van der Waals surface area (Å²) in [5.41, 5.74) is 1.15. The molecule has 20 heavy (non-hydrogen) atoms. The van der Waals surface area contributed by atoms with Gasteiger partial charge >= 0.3 is 0 Å². The van der Waals surface area contributed by atoms with Crippen LogP contribution in [-0.2, 0) is 17.7 Å². The Hall–Kier alpha value is -1.40. The summed E-state index contributed by atoms with van der Waals surface area (Å²) in [6.07, 6.45) is 4.25. The Morgan fingerprint density at radius 2 is 2.45 bits per heavy atom. The lowest BCUT2D eigenvalue weighted by molar-refractivity contribution is 0.0470. The summed E-state index contributed by atoms with van der Waals surface area (Å²) < 4.78 is 7.28. The van der Waals surface area contributed by atoms with Gasteiger partial charge in [0.25, 0.3) is 5.91 Å². The first-order chi connectivity index (χ1) is 9.59. The van der Waals surface area contributed by atoms with Crippen LogP contribution < -0.4 is 0 Å². The van der Waals surface area contributed by atoms with Crippen molar-refractivity contribution in [3.63, 3.8) is 0 Å². The van der Waals surface area contributed by atoms with Crippen molar-refractivity contribution in [2.24, 2.45) is 0 Å². The van der Waals surface area contributed by atoms with Gasteiger partial charge in [-0.25, -0.2) is 0 Å². The molecule has 2 unspecified atom stereocenters. The van der Waals surface area contributed by atoms with Gasteiger partial charge in [0, 0.05) is 26.6 Å². The average molecular weight is 279 g/mol. The maximum Gasteiger partial charge on any atom is 0.257 e. The van der Waals surface area contributed by atoms with E-state index in [1.807, 2.05) is 11.6 Å². The second-order valence-electron chi connectivity index (χ2n) is 5.96. The lowest BCUT2D eigenvalue weighted by atomic mass is 9.98. The monoisotopic (exact) mass is 279 g/mol. The van der Waals surface area contributed by atoms with Crippen molar-refractivity contribution in [3.8, 4) is 0 Å². The summed E-state index contributed by atoms with van der Waals surface area (Å²) in [5.74, 6) is -0.0377. The van der Waals surface area contributed by atoms with Gasteiger partial charge < -0.3 is 14.7 Å². The molecule has 0 aromatic carbocycles. The molecule has 1 amide bonds. The van der Waals surface area contributed by atoms with Gasteiger partial charge in [-0.05, 0) is 19.8 Å². The van der Waals surface area contributed by atoms with Crippen LogP contribution in [0.5, 0.6) is 0 Å². The van der Waals surface area contributed by atoms with Crippen molar-refractivity contribution < 1.29 is 14.6 Å². The van der Waals surface area contributed by atoms with E-state index in [4.69, 9.17) is 4.74 Å². The summed E-state index contributed by atoms with van der Waals surface area (Å²) in [7, 11) is 1.65. The topological polar surface area (TPSA) is 67.6 Å². The zero-order chi connectivity index (χ0) is 14.3. The van der Waals surface area contributed by atoms with E-state index in [1.54, 1.807) is 18.2 Å². The Labute approximate surface area is 118 Å². The molecule has 0 radical (unpaired) electrons. The number of aryl methyl sites for hydroxylation is 1. The number of aliphatic hydroxyl groups excluding tert-OH is 1. The highest BCUT2D eigenvalue weighted by atomic mass is 16.5. The first-order valence-electron chi connectivity index (χ1n) is 7.09. The van der Waals surface area contributed by atoms with Crippen LogP contribution in [-0.4, -0.2) is 57.6 Å². The quantitative estimate of drug-likeness (QED) is 0.872. The standard InChI is InChI=1S/C14H21N3O3/c1-14(9-18)6-10(20-2)8-16(14)13(19)11-7-15-17-5-3-4-12(11)17/h7,10,18H,3-6,8-9H2,1-2H3. The van der Waals surface area contributed by atoms with Crippen LogP contribution in [0.2, 0.25) is 0 Å². The number of ether oxygens (including phenoxy) is 1. The fourth-order valence-electron chi connectivity index (χ4n) is 3.31. The van der Waals surface area contributed by atoms with E-state index in [-0.39, 0.29) is 18.6 Å². The zero-order valence-corrected chi connectivity index (χ0v) is 12.0. The van der Waals surface area contributed by atoms with Gasteiger partial charge in [-0.15, -0.1) is 0 Å². The number of carbonyl (C=O) groups excluding carboxylic acids is 1. The molecule has 2 atom stereocenters. The van der Waals surface area contributed by atoms with Gasteiger partial charge in [0.15, 0.2) is 0 Å². The molecule has 1 N–H and O–H groups in total. The number of hydrogen-bond acceptors (Lipinski definition) is 4. The molecule has 1 fully saturated rings. The molecule has 110 valence electrons. The molecule has 3 heterocycles. The second kappa shape index (κ2) is 4.86. The lowest BCUT2D eigenvalue weighted by Gasteiger charge is -2.33. The van der Waals surface area contributed by atoms with Crippen LogP contribution in [0, 0.1) is 0 Å². The first-order valence-corrected chi connectivity index (χ1v) is 7.09. The SMILES string of the molecule is COC1CN(C(=O)c2cnn3c2CCC3)C(C)(CO)C1. The summed E-state index contributed by atoms with van der Waals surface area (Å²) in [4.78, 5) is 14.6. The fourth-order valence-corrected chi connectivity index (χ4v) is 3.31. The third-order valence-electron chi connectivity index (χ3n) is 4.59. The number of nitrogens with zero attached hydrogens (tertiary/aromatic N) is 3. The normalized spacial score (nSPS) is 28.9. The van der Waals surface area contributed by atoms with E-state index in [1.165, 1.54) is 0 Å². The molecule has 0 saturated carbocycles. The zero-order valence-electron chi connectivity index (χ0n) is 12.0. The number of methoxy groups -OCH3 is 1. The highest BCUT2D eigenvalue weighted by molar-refractivity contribution is 5.96. The van der Waals surface area contributed by atoms with Gasteiger partial charge in [0.05, 0.1) is 35.7 Å². The van der Waals surface area contributed by atoms with E-state index in [0.717, 1.165) is 25.1 Å². The molecule has 1 aromatic heterocycles. The Morgan fingerprint density at radius 3 is 3.15 bits per heavy atom. The van der Waals surface area contributed by atoms with Gasteiger partial charge in [0.1, 0.15) is 0 Å². The number of amides is 1. The van der Waals surface area contributed by atoms with E-state index in [0.29, 0.717) is 18.5 Å². The average Bonchev–Trinajstić information content (AvgIpc) is 3.11. The third kappa shape index (κ3) is 1.94. The highest BCUT2D eigenvalue weighted by Gasteiger charge is 2.45. The van der Waals surface area contributed by atoms with Crippen molar-refractivity contribution in [2.45, 2.75) is 44.4 Å². The lowest BCUT2D eigenvalue weighted by Crippen LogP contribution is -2.47. The van der Waals surface area contributed by atoms with Gasteiger partial charge in [-0.1, -0.05) is 0 Å². The Kier molecular flexibility index (Phi) is 3.30. The predicted octanol–water partition coefficient (Wildman–Crippen LogP) is 0.441.